The molecule has 82 valence electrons. The van der Waals surface area contributed by atoms with E-state index in [0.29, 0.717) is 12.0 Å². The highest BCUT2D eigenvalue weighted by Gasteiger charge is 2.17. The minimum atomic E-state index is -0.877. The summed E-state index contributed by atoms with van der Waals surface area (Å²) < 4.78 is 13.1. The Balaban J connectivity index is 2.88. The number of rotatable bonds is 4. The summed E-state index contributed by atoms with van der Waals surface area (Å²) in [5, 5.41) is 8.88. The topological polar surface area (TPSA) is 37.3 Å². The van der Waals surface area contributed by atoms with E-state index < -0.39 is 17.7 Å². The fourth-order valence-electron chi connectivity index (χ4n) is 1.38. The molecule has 1 aromatic carbocycles. The van der Waals surface area contributed by atoms with Crippen LogP contribution < -0.4 is 0 Å². The Labute approximate surface area is 92.7 Å². The third-order valence-electron chi connectivity index (χ3n) is 2.34. The van der Waals surface area contributed by atoms with Crippen LogP contribution in [0.3, 0.4) is 0 Å². The van der Waals surface area contributed by atoms with Gasteiger partial charge in [0.15, 0.2) is 0 Å². The molecule has 0 spiro atoms. The monoisotopic (exact) mass is 230 g/mol. The zero-order valence-electron chi connectivity index (χ0n) is 8.34. The molecule has 0 aliphatic carbocycles. The molecule has 1 unspecified atom stereocenters. The van der Waals surface area contributed by atoms with Gasteiger partial charge in [-0.1, -0.05) is 30.7 Å². The lowest BCUT2D eigenvalue weighted by Crippen LogP contribution is -2.15. The Bertz CT molecular complexity index is 366. The lowest BCUT2D eigenvalue weighted by Gasteiger charge is -2.10. The van der Waals surface area contributed by atoms with Crippen LogP contribution in [0.5, 0.6) is 0 Å². The van der Waals surface area contributed by atoms with Gasteiger partial charge in [-0.3, -0.25) is 4.79 Å². The fraction of sp³-hybridized carbons (Fsp3) is 0.364. The molecule has 1 N–H and O–H groups in total. The molecule has 0 amide bonds. The number of carbonyl (C=O) groups is 1. The fourth-order valence-corrected chi connectivity index (χ4v) is 1.58. The van der Waals surface area contributed by atoms with Gasteiger partial charge >= 0.3 is 5.97 Å². The van der Waals surface area contributed by atoms with E-state index >= 15 is 0 Å². The molecule has 2 nitrogen and oxygen atoms in total. The summed E-state index contributed by atoms with van der Waals surface area (Å²) in [5.74, 6) is -1.89. The summed E-state index contributed by atoms with van der Waals surface area (Å²) in [5.41, 5.74) is 0.547. The molecule has 0 radical (unpaired) electrons. The van der Waals surface area contributed by atoms with E-state index in [1.54, 1.807) is 13.0 Å². The molecule has 4 heteroatoms. The second-order valence-electron chi connectivity index (χ2n) is 3.36. The number of aliphatic carboxylic acids is 1. The number of carboxylic acids is 1. The molecule has 1 atom stereocenters. The van der Waals surface area contributed by atoms with Gasteiger partial charge in [0, 0.05) is 0 Å². The van der Waals surface area contributed by atoms with Crippen LogP contribution in [0.15, 0.2) is 18.2 Å². The van der Waals surface area contributed by atoms with Gasteiger partial charge in [0.2, 0.25) is 0 Å². The molecule has 0 aliphatic rings. The minimum Gasteiger partial charge on any atom is -0.481 e. The standard InChI is InChI=1S/C11H12ClFO2/c1-2-7(11(14)15)6-8-4-3-5-9(13)10(8)12/h3-5,7H,2,6H2,1H3,(H,14,15). The highest BCUT2D eigenvalue weighted by Crippen LogP contribution is 2.23. The zero-order chi connectivity index (χ0) is 11.4. The van der Waals surface area contributed by atoms with E-state index in [-0.39, 0.29) is 11.4 Å². The van der Waals surface area contributed by atoms with Crippen LogP contribution in [0, 0.1) is 11.7 Å². The lowest BCUT2D eigenvalue weighted by atomic mass is 9.97. The zero-order valence-corrected chi connectivity index (χ0v) is 9.09. The Morgan fingerprint density at radius 3 is 2.80 bits per heavy atom. The first-order valence-electron chi connectivity index (χ1n) is 4.72. The second kappa shape index (κ2) is 5.12. The molecular formula is C11H12ClFO2. The Kier molecular flexibility index (Phi) is 4.09. The average Bonchev–Trinajstić information content (AvgIpc) is 2.19. The summed E-state index contributed by atoms with van der Waals surface area (Å²) >= 11 is 5.73. The van der Waals surface area contributed by atoms with Crippen molar-refractivity contribution in [1.82, 2.24) is 0 Å². The SMILES string of the molecule is CCC(Cc1cccc(F)c1Cl)C(=O)O. The van der Waals surface area contributed by atoms with Gasteiger partial charge in [0.05, 0.1) is 10.9 Å². The Morgan fingerprint density at radius 2 is 2.27 bits per heavy atom. The molecule has 0 bridgehead atoms. The van der Waals surface area contributed by atoms with Gasteiger partial charge < -0.3 is 5.11 Å². The summed E-state index contributed by atoms with van der Waals surface area (Å²) in [4.78, 5) is 10.8. The van der Waals surface area contributed by atoms with E-state index in [1.807, 2.05) is 0 Å². The molecule has 1 aromatic rings. The van der Waals surface area contributed by atoms with Crippen molar-refractivity contribution in [3.8, 4) is 0 Å². The maximum Gasteiger partial charge on any atom is 0.306 e. The normalized spacial score (nSPS) is 12.5. The molecule has 0 saturated carbocycles. The van der Waals surface area contributed by atoms with Crippen molar-refractivity contribution in [1.29, 1.82) is 0 Å². The minimum absolute atomic E-state index is 0.0252. The summed E-state index contributed by atoms with van der Waals surface area (Å²) in [6, 6.07) is 4.44. The van der Waals surface area contributed by atoms with Crippen LogP contribution in [-0.2, 0) is 11.2 Å². The third kappa shape index (κ3) is 2.93. The molecule has 0 fully saturated rings. The van der Waals surface area contributed by atoms with Crippen molar-refractivity contribution in [2.75, 3.05) is 0 Å². The predicted octanol–water partition coefficient (Wildman–Crippen LogP) is 3.13. The maximum absolute atomic E-state index is 13.1. The maximum atomic E-state index is 13.1. The third-order valence-corrected chi connectivity index (χ3v) is 2.76. The Morgan fingerprint density at radius 1 is 1.60 bits per heavy atom. The second-order valence-corrected chi connectivity index (χ2v) is 3.74. The number of carboxylic acid groups (broad SMARTS) is 1. The summed E-state index contributed by atoms with van der Waals surface area (Å²) in [7, 11) is 0. The van der Waals surface area contributed by atoms with Crippen molar-refractivity contribution < 1.29 is 14.3 Å². The van der Waals surface area contributed by atoms with Gasteiger partial charge in [0.25, 0.3) is 0 Å². The van der Waals surface area contributed by atoms with Gasteiger partial charge in [-0.2, -0.15) is 0 Å². The van der Waals surface area contributed by atoms with Crippen LogP contribution in [0.1, 0.15) is 18.9 Å². The van der Waals surface area contributed by atoms with Crippen LogP contribution in [0.4, 0.5) is 4.39 Å². The Hall–Kier alpha value is -1.09. The summed E-state index contributed by atoms with van der Waals surface area (Å²) in [6.45, 7) is 1.78. The van der Waals surface area contributed by atoms with E-state index in [0.717, 1.165) is 0 Å². The van der Waals surface area contributed by atoms with Crippen molar-refractivity contribution in [2.24, 2.45) is 5.92 Å². The van der Waals surface area contributed by atoms with E-state index in [4.69, 9.17) is 16.7 Å². The quantitative estimate of drug-likeness (QED) is 0.863. The molecule has 1 rings (SSSR count). The van der Waals surface area contributed by atoms with Crippen LogP contribution in [0.2, 0.25) is 5.02 Å². The van der Waals surface area contributed by atoms with Gasteiger partial charge in [-0.05, 0) is 24.5 Å². The van der Waals surface area contributed by atoms with Crippen LogP contribution >= 0.6 is 11.6 Å². The smallest absolute Gasteiger partial charge is 0.306 e. The summed E-state index contributed by atoms with van der Waals surface area (Å²) in [6.07, 6.45) is 0.768. The number of halogens is 2. The van der Waals surface area contributed by atoms with Crippen molar-refractivity contribution >= 4 is 17.6 Å². The number of hydrogen-bond acceptors (Lipinski definition) is 1. The largest absolute Gasteiger partial charge is 0.481 e. The molecule has 0 saturated heterocycles. The van der Waals surface area contributed by atoms with Crippen molar-refractivity contribution in [3.05, 3.63) is 34.6 Å². The molecule has 15 heavy (non-hydrogen) atoms. The molecule has 0 heterocycles. The van der Waals surface area contributed by atoms with Gasteiger partial charge in [-0.25, -0.2) is 4.39 Å². The molecular weight excluding hydrogens is 219 g/mol. The first kappa shape index (κ1) is 12.0. The highest BCUT2D eigenvalue weighted by molar-refractivity contribution is 6.31. The van der Waals surface area contributed by atoms with Gasteiger partial charge in [0.1, 0.15) is 5.82 Å². The number of hydrogen-bond donors (Lipinski definition) is 1. The average molecular weight is 231 g/mol. The first-order chi connectivity index (χ1) is 7.06. The lowest BCUT2D eigenvalue weighted by molar-refractivity contribution is -0.141. The van der Waals surface area contributed by atoms with Crippen molar-refractivity contribution in [2.45, 2.75) is 19.8 Å². The van der Waals surface area contributed by atoms with Crippen molar-refractivity contribution in [3.63, 3.8) is 0 Å². The first-order valence-corrected chi connectivity index (χ1v) is 5.09. The van der Waals surface area contributed by atoms with E-state index in [2.05, 4.69) is 0 Å². The van der Waals surface area contributed by atoms with Crippen LogP contribution in [0.25, 0.3) is 0 Å². The predicted molar refractivity (Wildman–Crippen MR) is 56.5 cm³/mol. The highest BCUT2D eigenvalue weighted by atomic mass is 35.5. The van der Waals surface area contributed by atoms with Crippen LogP contribution in [-0.4, -0.2) is 11.1 Å². The molecule has 0 aromatic heterocycles. The number of benzene rings is 1. The van der Waals surface area contributed by atoms with E-state index in [1.165, 1.54) is 12.1 Å². The van der Waals surface area contributed by atoms with Gasteiger partial charge in [-0.15, -0.1) is 0 Å². The molecule has 0 aliphatic heterocycles. The van der Waals surface area contributed by atoms with E-state index in [9.17, 15) is 9.18 Å².